The van der Waals surface area contributed by atoms with Gasteiger partial charge in [-0.1, -0.05) is 18.2 Å². The largest absolute Gasteiger partial charge is 0.493 e. The van der Waals surface area contributed by atoms with E-state index in [4.69, 9.17) is 19.0 Å². The summed E-state index contributed by atoms with van der Waals surface area (Å²) in [6.45, 7) is 3.84. The van der Waals surface area contributed by atoms with Crippen LogP contribution in [0.25, 0.3) is 6.08 Å². The highest BCUT2D eigenvalue weighted by atomic mass is 16.5. The summed E-state index contributed by atoms with van der Waals surface area (Å²) >= 11 is 0. The Morgan fingerprint density at radius 3 is 2.61 bits per heavy atom. The number of anilines is 1. The number of hydrogen-bond donors (Lipinski definition) is 2. The molecule has 0 aliphatic carbocycles. The molecule has 0 saturated heterocycles. The van der Waals surface area contributed by atoms with Gasteiger partial charge in [0.05, 0.1) is 7.11 Å². The Balaban J connectivity index is 1.76. The van der Waals surface area contributed by atoms with E-state index >= 15 is 0 Å². The molecule has 0 aliphatic heterocycles. The van der Waals surface area contributed by atoms with Crippen LogP contribution in [0.5, 0.6) is 11.5 Å². The Morgan fingerprint density at radius 2 is 1.94 bits per heavy atom. The van der Waals surface area contributed by atoms with Gasteiger partial charge >= 0.3 is 5.97 Å². The van der Waals surface area contributed by atoms with Crippen molar-refractivity contribution in [3.63, 3.8) is 0 Å². The van der Waals surface area contributed by atoms with Crippen molar-refractivity contribution in [1.82, 2.24) is 0 Å². The van der Waals surface area contributed by atoms with Gasteiger partial charge in [0.25, 0.3) is 5.91 Å². The number of amides is 1. The Morgan fingerprint density at radius 1 is 1.15 bits per heavy atom. The molecule has 8 heteroatoms. The quantitative estimate of drug-likeness (QED) is 0.379. The van der Waals surface area contributed by atoms with Gasteiger partial charge in [-0.25, -0.2) is 4.79 Å². The van der Waals surface area contributed by atoms with Gasteiger partial charge < -0.3 is 24.3 Å². The molecule has 1 amide bonds. The fraction of sp³-hybridized carbons (Fsp3) is 0.160. The van der Waals surface area contributed by atoms with E-state index in [1.54, 1.807) is 24.3 Å². The van der Waals surface area contributed by atoms with Crippen LogP contribution in [0.4, 0.5) is 5.69 Å². The van der Waals surface area contributed by atoms with Gasteiger partial charge in [-0.05, 0) is 66.9 Å². The molecule has 0 aliphatic rings. The molecule has 0 atom stereocenters. The maximum atomic E-state index is 12.6. The number of nitrogens with one attached hydrogen (secondary N) is 1. The van der Waals surface area contributed by atoms with Gasteiger partial charge in [-0.15, -0.1) is 0 Å². The molecule has 3 rings (SSSR count). The van der Waals surface area contributed by atoms with Crippen molar-refractivity contribution >= 4 is 23.6 Å². The second kappa shape index (κ2) is 10.2. The van der Waals surface area contributed by atoms with Gasteiger partial charge in [0, 0.05) is 5.69 Å². The van der Waals surface area contributed by atoms with Crippen LogP contribution in [0.3, 0.4) is 0 Å². The second-order valence-electron chi connectivity index (χ2n) is 7.14. The summed E-state index contributed by atoms with van der Waals surface area (Å²) in [6, 6.07) is 15.3. The summed E-state index contributed by atoms with van der Waals surface area (Å²) in [5.74, 6) is -0.748. The number of carbonyl (C=O) groups is 2. The molecule has 2 aromatic carbocycles. The summed E-state index contributed by atoms with van der Waals surface area (Å²) in [7, 11) is 1.46. The first-order valence-corrected chi connectivity index (χ1v) is 9.94. The number of rotatable bonds is 8. The fourth-order valence-electron chi connectivity index (χ4n) is 3.00. The molecule has 3 aromatic rings. The van der Waals surface area contributed by atoms with Crippen LogP contribution in [-0.4, -0.2) is 24.1 Å². The average molecular weight is 446 g/mol. The summed E-state index contributed by atoms with van der Waals surface area (Å²) in [6.07, 6.45) is 1.46. The van der Waals surface area contributed by atoms with Gasteiger partial charge in [0.2, 0.25) is 5.76 Å². The molecule has 2 N–H and O–H groups in total. The molecular weight excluding hydrogens is 424 g/mol. The van der Waals surface area contributed by atoms with Crippen LogP contribution < -0.4 is 14.8 Å². The van der Waals surface area contributed by atoms with Crippen LogP contribution in [0, 0.1) is 25.2 Å². The maximum absolute atomic E-state index is 12.6. The third kappa shape index (κ3) is 5.60. The number of ether oxygens (including phenoxy) is 2. The monoisotopic (exact) mass is 446 g/mol. The standard InChI is InChI=1S/C25H22N2O6/c1-15-5-4-6-20(16(15)2)27-24(28)18(13-26)11-17-7-9-21(23(12-17)31-3)32-14-19-8-10-22(33-19)25(29)30/h4-12H,14H2,1-3H3,(H,27,28)(H,29,30)/b18-11-. The van der Waals surface area contributed by atoms with E-state index in [1.165, 1.54) is 25.3 Å². The first-order valence-electron chi connectivity index (χ1n) is 9.94. The van der Waals surface area contributed by atoms with Crippen LogP contribution in [0.1, 0.15) is 33.0 Å². The first-order chi connectivity index (χ1) is 15.8. The van der Waals surface area contributed by atoms with E-state index < -0.39 is 11.9 Å². The summed E-state index contributed by atoms with van der Waals surface area (Å²) in [5, 5.41) is 21.2. The Hall–Kier alpha value is -4.51. The number of nitriles is 1. The molecule has 168 valence electrons. The number of carboxylic acids is 1. The molecule has 1 heterocycles. The minimum Gasteiger partial charge on any atom is -0.493 e. The lowest BCUT2D eigenvalue weighted by atomic mass is 10.1. The van der Waals surface area contributed by atoms with Crippen molar-refractivity contribution in [1.29, 1.82) is 5.26 Å². The van der Waals surface area contributed by atoms with Crippen molar-refractivity contribution in [3.8, 4) is 17.6 Å². The van der Waals surface area contributed by atoms with Crippen molar-refractivity contribution in [2.24, 2.45) is 0 Å². The summed E-state index contributed by atoms with van der Waals surface area (Å²) < 4.78 is 16.2. The lowest BCUT2D eigenvalue weighted by molar-refractivity contribution is -0.112. The average Bonchev–Trinajstić information content (AvgIpc) is 3.28. The highest BCUT2D eigenvalue weighted by molar-refractivity contribution is 6.10. The molecule has 0 bridgehead atoms. The Kier molecular flexibility index (Phi) is 7.16. The number of carbonyl (C=O) groups excluding carboxylic acids is 1. The Bertz CT molecular complexity index is 1270. The van der Waals surface area contributed by atoms with Crippen LogP contribution in [0.15, 0.2) is 58.5 Å². The highest BCUT2D eigenvalue weighted by Crippen LogP contribution is 2.30. The zero-order valence-corrected chi connectivity index (χ0v) is 18.3. The van der Waals surface area contributed by atoms with Crippen molar-refractivity contribution < 1.29 is 28.6 Å². The normalized spacial score (nSPS) is 10.9. The number of aromatic carboxylic acids is 1. The van der Waals surface area contributed by atoms with E-state index in [2.05, 4.69) is 5.32 Å². The number of furan rings is 1. The van der Waals surface area contributed by atoms with Gasteiger partial charge in [0.15, 0.2) is 11.5 Å². The third-order valence-electron chi connectivity index (χ3n) is 4.96. The maximum Gasteiger partial charge on any atom is 0.371 e. The first kappa shape index (κ1) is 23.2. The van der Waals surface area contributed by atoms with E-state index in [0.29, 0.717) is 28.5 Å². The van der Waals surface area contributed by atoms with Gasteiger partial charge in [-0.2, -0.15) is 5.26 Å². The van der Waals surface area contributed by atoms with Gasteiger partial charge in [-0.3, -0.25) is 4.79 Å². The molecule has 0 unspecified atom stereocenters. The molecule has 0 fully saturated rings. The zero-order chi connectivity index (χ0) is 24.0. The topological polar surface area (TPSA) is 122 Å². The molecule has 1 aromatic heterocycles. The number of hydrogen-bond acceptors (Lipinski definition) is 6. The van der Waals surface area contributed by atoms with E-state index in [1.807, 2.05) is 32.0 Å². The second-order valence-corrected chi connectivity index (χ2v) is 7.14. The van der Waals surface area contributed by atoms with Crippen molar-refractivity contribution in [2.45, 2.75) is 20.5 Å². The third-order valence-corrected chi connectivity index (χ3v) is 4.96. The minimum atomic E-state index is -1.16. The van der Waals surface area contributed by atoms with E-state index in [9.17, 15) is 14.9 Å². The van der Waals surface area contributed by atoms with Crippen molar-refractivity contribution in [3.05, 3.63) is 82.3 Å². The Labute approximate surface area is 190 Å². The number of nitrogens with zero attached hydrogens (tertiary/aromatic N) is 1. The van der Waals surface area contributed by atoms with Crippen molar-refractivity contribution in [2.75, 3.05) is 12.4 Å². The zero-order valence-electron chi connectivity index (χ0n) is 18.3. The summed E-state index contributed by atoms with van der Waals surface area (Å²) in [5.41, 5.74) is 3.11. The highest BCUT2D eigenvalue weighted by Gasteiger charge is 2.14. The predicted molar refractivity (Wildman–Crippen MR) is 121 cm³/mol. The lowest BCUT2D eigenvalue weighted by Gasteiger charge is -2.11. The summed E-state index contributed by atoms with van der Waals surface area (Å²) in [4.78, 5) is 23.5. The predicted octanol–water partition coefficient (Wildman–Crippen LogP) is 4.73. The van der Waals surface area contributed by atoms with Gasteiger partial charge in [0.1, 0.15) is 24.0 Å². The lowest BCUT2D eigenvalue weighted by Crippen LogP contribution is -2.14. The number of carboxylic acid groups (broad SMARTS) is 1. The minimum absolute atomic E-state index is 0.000517. The molecule has 0 spiro atoms. The molecular formula is C25H22N2O6. The van der Waals surface area contributed by atoms with Crippen LogP contribution >= 0.6 is 0 Å². The number of benzene rings is 2. The molecule has 33 heavy (non-hydrogen) atoms. The molecule has 0 saturated carbocycles. The SMILES string of the molecule is COc1cc(/C=C(/C#N)C(=O)Nc2cccc(C)c2C)ccc1OCc1ccc(C(=O)O)o1. The van der Waals surface area contributed by atoms with E-state index in [0.717, 1.165) is 11.1 Å². The fourth-order valence-corrected chi connectivity index (χ4v) is 3.00. The molecule has 8 nitrogen and oxygen atoms in total. The number of methoxy groups -OCH3 is 1. The van der Waals surface area contributed by atoms with Crippen LogP contribution in [-0.2, 0) is 11.4 Å². The van der Waals surface area contributed by atoms with Crippen LogP contribution in [0.2, 0.25) is 0 Å². The smallest absolute Gasteiger partial charge is 0.371 e. The number of aryl methyl sites for hydroxylation is 1. The van der Waals surface area contributed by atoms with E-state index in [-0.39, 0.29) is 17.9 Å². The molecule has 0 radical (unpaired) electrons.